The molecule has 0 fully saturated rings. The molecule has 0 aliphatic heterocycles. The molecule has 0 saturated heterocycles. The van der Waals surface area contributed by atoms with Crippen LogP contribution in [-0.4, -0.2) is 13.7 Å². The lowest BCUT2D eigenvalue weighted by Gasteiger charge is -2.13. The van der Waals surface area contributed by atoms with Crippen molar-refractivity contribution < 1.29 is 4.74 Å². The van der Waals surface area contributed by atoms with Crippen LogP contribution in [0.2, 0.25) is 0 Å². The van der Waals surface area contributed by atoms with Gasteiger partial charge in [-0.25, -0.2) is 0 Å². The Morgan fingerprint density at radius 3 is 2.87 bits per heavy atom. The Morgan fingerprint density at radius 1 is 1.53 bits per heavy atom. The third-order valence-electron chi connectivity index (χ3n) is 2.46. The molecule has 0 heterocycles. The van der Waals surface area contributed by atoms with E-state index in [-0.39, 0.29) is 0 Å². The smallest absolute Gasteiger partial charge is 0.119 e. The molecule has 0 radical (unpaired) electrons. The Kier molecular flexibility index (Phi) is 4.37. The van der Waals surface area contributed by atoms with Gasteiger partial charge in [-0.1, -0.05) is 24.8 Å². The molecule has 82 valence electrons. The first kappa shape index (κ1) is 11.8. The number of hydrogen-bond acceptors (Lipinski definition) is 2. The number of ether oxygens (including phenoxy) is 1. The molecule has 2 heteroatoms. The quantitative estimate of drug-likeness (QED) is 0.746. The lowest BCUT2D eigenvalue weighted by Crippen LogP contribution is -2.12. The van der Waals surface area contributed by atoms with Gasteiger partial charge in [-0.3, -0.25) is 0 Å². The molecular weight excluding hydrogens is 186 g/mol. The minimum absolute atomic E-state index is 0.347. The first-order valence-electron chi connectivity index (χ1n) is 5.28. The molecule has 0 bridgehead atoms. The van der Waals surface area contributed by atoms with Crippen molar-refractivity contribution in [2.24, 2.45) is 0 Å². The molecule has 0 aliphatic rings. The maximum Gasteiger partial charge on any atom is 0.119 e. The highest BCUT2D eigenvalue weighted by molar-refractivity contribution is 5.58. The normalized spacial score (nSPS) is 12.2. The van der Waals surface area contributed by atoms with E-state index >= 15 is 0 Å². The van der Waals surface area contributed by atoms with E-state index in [1.165, 1.54) is 5.56 Å². The van der Waals surface area contributed by atoms with Crippen LogP contribution in [0.4, 0.5) is 0 Å². The van der Waals surface area contributed by atoms with Crippen molar-refractivity contribution in [3.8, 4) is 0 Å². The van der Waals surface area contributed by atoms with Crippen LogP contribution in [0.5, 0.6) is 0 Å². The van der Waals surface area contributed by atoms with Crippen molar-refractivity contribution in [1.82, 2.24) is 5.32 Å². The van der Waals surface area contributed by atoms with Gasteiger partial charge in [0.05, 0.1) is 6.61 Å². The van der Waals surface area contributed by atoms with Crippen molar-refractivity contribution in [2.45, 2.75) is 19.9 Å². The zero-order chi connectivity index (χ0) is 11.3. The average molecular weight is 205 g/mol. The highest BCUT2D eigenvalue weighted by Crippen LogP contribution is 2.19. The minimum atomic E-state index is 0.347. The molecule has 0 aromatic heterocycles. The Balaban J connectivity index is 2.87. The van der Waals surface area contributed by atoms with Crippen LogP contribution < -0.4 is 5.32 Å². The zero-order valence-electron chi connectivity index (χ0n) is 9.71. The second kappa shape index (κ2) is 5.56. The van der Waals surface area contributed by atoms with E-state index in [0.717, 1.165) is 11.3 Å². The molecule has 0 aliphatic carbocycles. The number of benzene rings is 1. The number of nitrogens with one attached hydrogen (secondary N) is 1. The van der Waals surface area contributed by atoms with Gasteiger partial charge in [-0.2, -0.15) is 0 Å². The summed E-state index contributed by atoms with van der Waals surface area (Å²) in [7, 11) is 1.95. The fourth-order valence-electron chi connectivity index (χ4n) is 1.41. The molecule has 0 spiro atoms. The van der Waals surface area contributed by atoms with Gasteiger partial charge in [0.15, 0.2) is 0 Å². The third-order valence-corrected chi connectivity index (χ3v) is 2.46. The van der Waals surface area contributed by atoms with Crippen LogP contribution in [0.25, 0.3) is 5.76 Å². The first-order valence-corrected chi connectivity index (χ1v) is 5.28. The van der Waals surface area contributed by atoms with E-state index in [0.29, 0.717) is 12.6 Å². The van der Waals surface area contributed by atoms with Crippen molar-refractivity contribution in [1.29, 1.82) is 0 Å². The molecule has 1 N–H and O–H groups in total. The van der Waals surface area contributed by atoms with Gasteiger partial charge in [0.1, 0.15) is 5.76 Å². The van der Waals surface area contributed by atoms with E-state index in [4.69, 9.17) is 4.74 Å². The summed E-state index contributed by atoms with van der Waals surface area (Å²) in [5.74, 6) is 0.739. The predicted octanol–water partition coefficient (Wildman–Crippen LogP) is 2.97. The SMILES string of the molecule is C=C(OCC)c1cccc(C(C)NC)c1. The largest absolute Gasteiger partial charge is 0.494 e. The number of hydrogen-bond donors (Lipinski definition) is 1. The zero-order valence-corrected chi connectivity index (χ0v) is 9.71. The summed E-state index contributed by atoms with van der Waals surface area (Å²) >= 11 is 0. The third kappa shape index (κ3) is 3.10. The molecule has 1 aromatic rings. The van der Waals surface area contributed by atoms with Gasteiger partial charge in [-0.15, -0.1) is 0 Å². The molecule has 0 saturated carbocycles. The summed E-state index contributed by atoms with van der Waals surface area (Å²) in [6.45, 7) is 8.65. The minimum Gasteiger partial charge on any atom is -0.494 e. The summed E-state index contributed by atoms with van der Waals surface area (Å²) in [5.41, 5.74) is 2.30. The summed E-state index contributed by atoms with van der Waals surface area (Å²) in [6.07, 6.45) is 0. The fourth-order valence-corrected chi connectivity index (χ4v) is 1.41. The second-order valence-corrected chi connectivity index (χ2v) is 3.49. The van der Waals surface area contributed by atoms with E-state index in [1.54, 1.807) is 0 Å². The maximum atomic E-state index is 5.38. The fraction of sp³-hybridized carbons (Fsp3) is 0.385. The summed E-state index contributed by atoms with van der Waals surface area (Å²) in [6, 6.07) is 8.61. The molecule has 1 atom stereocenters. The van der Waals surface area contributed by atoms with Gasteiger partial charge in [-0.05, 0) is 32.5 Å². The van der Waals surface area contributed by atoms with Gasteiger partial charge >= 0.3 is 0 Å². The van der Waals surface area contributed by atoms with E-state index in [9.17, 15) is 0 Å². The van der Waals surface area contributed by atoms with E-state index in [1.807, 2.05) is 26.1 Å². The summed E-state index contributed by atoms with van der Waals surface area (Å²) in [5, 5.41) is 3.21. The second-order valence-electron chi connectivity index (χ2n) is 3.49. The van der Waals surface area contributed by atoms with Crippen LogP contribution in [0, 0.1) is 0 Å². The van der Waals surface area contributed by atoms with Crippen molar-refractivity contribution >= 4 is 5.76 Å². The van der Waals surface area contributed by atoms with Crippen molar-refractivity contribution in [3.63, 3.8) is 0 Å². The first-order chi connectivity index (χ1) is 7.19. The van der Waals surface area contributed by atoms with E-state index in [2.05, 4.69) is 31.0 Å². The maximum absolute atomic E-state index is 5.38. The Morgan fingerprint density at radius 2 is 2.27 bits per heavy atom. The van der Waals surface area contributed by atoms with Crippen molar-refractivity contribution in [2.75, 3.05) is 13.7 Å². The summed E-state index contributed by atoms with van der Waals surface area (Å²) < 4.78 is 5.38. The highest BCUT2D eigenvalue weighted by atomic mass is 16.5. The van der Waals surface area contributed by atoms with Crippen LogP contribution in [0.1, 0.15) is 31.0 Å². The predicted molar refractivity (Wildman–Crippen MR) is 64.6 cm³/mol. The van der Waals surface area contributed by atoms with Gasteiger partial charge < -0.3 is 10.1 Å². The van der Waals surface area contributed by atoms with Crippen molar-refractivity contribution in [3.05, 3.63) is 42.0 Å². The lowest BCUT2D eigenvalue weighted by molar-refractivity contribution is 0.299. The molecule has 2 nitrogen and oxygen atoms in total. The van der Waals surface area contributed by atoms with Gasteiger partial charge in [0, 0.05) is 11.6 Å². The van der Waals surface area contributed by atoms with Crippen LogP contribution >= 0.6 is 0 Å². The average Bonchev–Trinajstić information content (AvgIpc) is 2.28. The van der Waals surface area contributed by atoms with Gasteiger partial charge in [0.25, 0.3) is 0 Å². The molecule has 1 unspecified atom stereocenters. The molecule has 15 heavy (non-hydrogen) atoms. The highest BCUT2D eigenvalue weighted by Gasteiger charge is 2.05. The van der Waals surface area contributed by atoms with Gasteiger partial charge in [0.2, 0.25) is 0 Å². The number of rotatable bonds is 5. The van der Waals surface area contributed by atoms with E-state index < -0.39 is 0 Å². The summed E-state index contributed by atoms with van der Waals surface area (Å²) in [4.78, 5) is 0. The topological polar surface area (TPSA) is 21.3 Å². The molecule has 1 aromatic carbocycles. The van der Waals surface area contributed by atoms with Crippen LogP contribution in [0.15, 0.2) is 30.8 Å². The molecule has 0 amide bonds. The Labute approximate surface area is 92.0 Å². The monoisotopic (exact) mass is 205 g/mol. The van der Waals surface area contributed by atoms with Crippen LogP contribution in [0.3, 0.4) is 0 Å². The Bertz CT molecular complexity index is 333. The van der Waals surface area contributed by atoms with Crippen LogP contribution in [-0.2, 0) is 4.74 Å². The molecular formula is C13H19NO. The molecule has 1 rings (SSSR count). The standard InChI is InChI=1S/C13H19NO/c1-5-15-11(3)13-8-6-7-12(9-13)10(2)14-4/h6-10,14H,3,5H2,1-2,4H3. The lowest BCUT2D eigenvalue weighted by atomic mass is 10.0. The Hall–Kier alpha value is -1.28.